The number of piperidine rings is 1. The summed E-state index contributed by atoms with van der Waals surface area (Å²) in [5.41, 5.74) is 5.49. The van der Waals surface area contributed by atoms with E-state index in [4.69, 9.17) is 15.2 Å². The Balaban J connectivity index is 1.90. The van der Waals surface area contributed by atoms with Crippen LogP contribution >= 0.6 is 0 Å². The van der Waals surface area contributed by atoms with Crippen molar-refractivity contribution in [2.45, 2.75) is 12.8 Å². The maximum Gasteiger partial charge on any atom is 0.311 e. The van der Waals surface area contributed by atoms with E-state index in [1.165, 1.54) is 25.3 Å². The summed E-state index contributed by atoms with van der Waals surface area (Å²) in [4.78, 5) is 24.2. The highest BCUT2D eigenvalue weighted by Crippen LogP contribution is 2.30. The SMILES string of the molecule is COc1cc(OCC(=O)N2CCC(CN)CC2)ccc1[N+](=O)[O-]. The molecule has 2 rings (SSSR count). The van der Waals surface area contributed by atoms with Crippen molar-refractivity contribution in [3.8, 4) is 11.5 Å². The molecule has 0 aliphatic carbocycles. The Labute approximate surface area is 134 Å². The third kappa shape index (κ3) is 4.32. The van der Waals surface area contributed by atoms with E-state index in [-0.39, 0.29) is 24.0 Å². The van der Waals surface area contributed by atoms with Crippen LogP contribution in [0.1, 0.15) is 12.8 Å². The van der Waals surface area contributed by atoms with E-state index in [1.54, 1.807) is 4.90 Å². The summed E-state index contributed by atoms with van der Waals surface area (Å²) in [7, 11) is 1.35. The molecule has 1 aromatic carbocycles. The van der Waals surface area contributed by atoms with Gasteiger partial charge >= 0.3 is 5.69 Å². The molecule has 23 heavy (non-hydrogen) atoms. The second-order valence-electron chi connectivity index (χ2n) is 5.44. The third-order valence-electron chi connectivity index (χ3n) is 4.01. The van der Waals surface area contributed by atoms with Crippen LogP contribution in [0.3, 0.4) is 0 Å². The first-order chi connectivity index (χ1) is 11.0. The molecule has 0 bridgehead atoms. The summed E-state index contributed by atoms with van der Waals surface area (Å²) in [6, 6.07) is 4.16. The Morgan fingerprint density at radius 2 is 2.13 bits per heavy atom. The topological polar surface area (TPSA) is 108 Å². The molecule has 1 amide bonds. The van der Waals surface area contributed by atoms with Crippen LogP contribution < -0.4 is 15.2 Å². The molecule has 2 N–H and O–H groups in total. The fourth-order valence-electron chi connectivity index (χ4n) is 2.55. The summed E-state index contributed by atoms with van der Waals surface area (Å²) in [5.74, 6) is 0.845. The summed E-state index contributed by atoms with van der Waals surface area (Å²) < 4.78 is 10.4. The van der Waals surface area contributed by atoms with Crippen LogP contribution in [0.4, 0.5) is 5.69 Å². The van der Waals surface area contributed by atoms with Crippen molar-refractivity contribution in [1.82, 2.24) is 4.90 Å². The minimum atomic E-state index is -0.532. The molecule has 1 saturated heterocycles. The standard InChI is InChI=1S/C15H21N3O5/c1-22-14-8-12(2-3-13(14)18(20)21)23-10-15(19)17-6-4-11(9-16)5-7-17/h2-3,8,11H,4-7,9-10,16H2,1H3. The van der Waals surface area contributed by atoms with Gasteiger partial charge in [-0.05, 0) is 31.4 Å². The number of nitrogens with zero attached hydrogens (tertiary/aromatic N) is 2. The number of likely N-dealkylation sites (tertiary alicyclic amines) is 1. The van der Waals surface area contributed by atoms with Crippen molar-refractivity contribution >= 4 is 11.6 Å². The fourth-order valence-corrected chi connectivity index (χ4v) is 2.55. The van der Waals surface area contributed by atoms with Crippen LogP contribution in [0.25, 0.3) is 0 Å². The van der Waals surface area contributed by atoms with Gasteiger partial charge in [-0.15, -0.1) is 0 Å². The molecule has 8 heteroatoms. The highest BCUT2D eigenvalue weighted by atomic mass is 16.6. The van der Waals surface area contributed by atoms with Crippen molar-refractivity contribution in [2.24, 2.45) is 11.7 Å². The smallest absolute Gasteiger partial charge is 0.311 e. The summed E-state index contributed by atoms with van der Waals surface area (Å²) in [5, 5.41) is 10.8. The maximum atomic E-state index is 12.1. The number of hydrogen-bond acceptors (Lipinski definition) is 6. The molecule has 1 fully saturated rings. The molecular formula is C15H21N3O5. The monoisotopic (exact) mass is 323 g/mol. The molecule has 0 unspecified atom stereocenters. The van der Waals surface area contributed by atoms with E-state index < -0.39 is 4.92 Å². The van der Waals surface area contributed by atoms with Crippen LogP contribution in [0.2, 0.25) is 0 Å². The van der Waals surface area contributed by atoms with E-state index in [2.05, 4.69) is 0 Å². The fraction of sp³-hybridized carbons (Fsp3) is 0.533. The number of methoxy groups -OCH3 is 1. The average Bonchev–Trinajstić information content (AvgIpc) is 2.59. The molecule has 0 aromatic heterocycles. The Bertz CT molecular complexity index is 570. The van der Waals surface area contributed by atoms with Gasteiger partial charge in [0.2, 0.25) is 5.75 Å². The van der Waals surface area contributed by atoms with Gasteiger partial charge in [-0.25, -0.2) is 0 Å². The number of ether oxygens (including phenoxy) is 2. The zero-order valence-corrected chi connectivity index (χ0v) is 13.1. The van der Waals surface area contributed by atoms with Crippen molar-refractivity contribution in [1.29, 1.82) is 0 Å². The van der Waals surface area contributed by atoms with Crippen LogP contribution in [-0.2, 0) is 4.79 Å². The second kappa shape index (κ2) is 7.77. The molecule has 0 saturated carbocycles. The average molecular weight is 323 g/mol. The Kier molecular flexibility index (Phi) is 5.75. The number of nitrogens with two attached hydrogens (primary N) is 1. The van der Waals surface area contributed by atoms with Gasteiger partial charge in [0.1, 0.15) is 5.75 Å². The van der Waals surface area contributed by atoms with E-state index in [1.807, 2.05) is 0 Å². The number of nitro groups is 1. The van der Waals surface area contributed by atoms with Gasteiger partial charge in [-0.2, -0.15) is 0 Å². The number of benzene rings is 1. The van der Waals surface area contributed by atoms with Crippen molar-refractivity contribution < 1.29 is 19.2 Å². The lowest BCUT2D eigenvalue weighted by Gasteiger charge is -2.31. The van der Waals surface area contributed by atoms with E-state index in [0.717, 1.165) is 12.8 Å². The van der Waals surface area contributed by atoms with Crippen molar-refractivity contribution in [2.75, 3.05) is 33.4 Å². The van der Waals surface area contributed by atoms with Gasteiger partial charge < -0.3 is 20.1 Å². The van der Waals surface area contributed by atoms with Crippen molar-refractivity contribution in [3.63, 3.8) is 0 Å². The summed E-state index contributed by atoms with van der Waals surface area (Å²) in [6.07, 6.45) is 1.82. The Morgan fingerprint density at radius 1 is 1.43 bits per heavy atom. The predicted molar refractivity (Wildman–Crippen MR) is 83.5 cm³/mol. The number of nitro benzene ring substituents is 1. The zero-order valence-electron chi connectivity index (χ0n) is 13.1. The Morgan fingerprint density at radius 3 is 2.70 bits per heavy atom. The summed E-state index contributed by atoms with van der Waals surface area (Å²) in [6.45, 7) is 1.93. The molecule has 8 nitrogen and oxygen atoms in total. The highest BCUT2D eigenvalue weighted by Gasteiger charge is 2.22. The minimum absolute atomic E-state index is 0.0993. The molecule has 1 aromatic rings. The first kappa shape index (κ1) is 17.0. The lowest BCUT2D eigenvalue weighted by Crippen LogP contribution is -2.42. The van der Waals surface area contributed by atoms with E-state index in [0.29, 0.717) is 31.3 Å². The number of carbonyl (C=O) groups excluding carboxylic acids is 1. The first-order valence-corrected chi connectivity index (χ1v) is 7.48. The van der Waals surface area contributed by atoms with Crippen LogP contribution in [0, 0.1) is 16.0 Å². The van der Waals surface area contributed by atoms with Gasteiger partial charge in [0, 0.05) is 25.2 Å². The van der Waals surface area contributed by atoms with Gasteiger partial charge in [-0.1, -0.05) is 0 Å². The third-order valence-corrected chi connectivity index (χ3v) is 4.01. The van der Waals surface area contributed by atoms with Crippen LogP contribution in [0.5, 0.6) is 11.5 Å². The molecule has 0 spiro atoms. The lowest BCUT2D eigenvalue weighted by molar-refractivity contribution is -0.385. The normalized spacial score (nSPS) is 15.3. The molecule has 126 valence electrons. The molecule has 1 aliphatic heterocycles. The minimum Gasteiger partial charge on any atom is -0.490 e. The van der Waals surface area contributed by atoms with Gasteiger partial charge in [0.05, 0.1) is 12.0 Å². The number of rotatable bonds is 6. The maximum absolute atomic E-state index is 12.1. The predicted octanol–water partition coefficient (Wildman–Crippen LogP) is 1.18. The quantitative estimate of drug-likeness (QED) is 0.622. The highest BCUT2D eigenvalue weighted by molar-refractivity contribution is 5.77. The second-order valence-corrected chi connectivity index (χ2v) is 5.44. The lowest BCUT2D eigenvalue weighted by atomic mass is 9.97. The largest absolute Gasteiger partial charge is 0.490 e. The van der Waals surface area contributed by atoms with Crippen LogP contribution in [-0.4, -0.2) is 49.1 Å². The number of amides is 1. The molecule has 0 atom stereocenters. The first-order valence-electron chi connectivity index (χ1n) is 7.48. The van der Waals surface area contributed by atoms with Gasteiger partial charge in [-0.3, -0.25) is 14.9 Å². The van der Waals surface area contributed by atoms with Gasteiger partial charge in [0.25, 0.3) is 5.91 Å². The number of carbonyl (C=O) groups is 1. The molecule has 1 heterocycles. The van der Waals surface area contributed by atoms with E-state index >= 15 is 0 Å². The Hall–Kier alpha value is -2.35. The van der Waals surface area contributed by atoms with Crippen molar-refractivity contribution in [3.05, 3.63) is 28.3 Å². The molecule has 1 aliphatic rings. The molecule has 0 radical (unpaired) electrons. The molecular weight excluding hydrogens is 302 g/mol. The number of hydrogen-bond donors (Lipinski definition) is 1. The summed E-state index contributed by atoms with van der Waals surface area (Å²) >= 11 is 0. The zero-order chi connectivity index (χ0) is 16.8. The van der Waals surface area contributed by atoms with Gasteiger partial charge in [0.15, 0.2) is 6.61 Å². The van der Waals surface area contributed by atoms with E-state index in [9.17, 15) is 14.9 Å². The van der Waals surface area contributed by atoms with Crippen LogP contribution in [0.15, 0.2) is 18.2 Å².